The zero-order valence-electron chi connectivity index (χ0n) is 12.3. The molecule has 20 heavy (non-hydrogen) atoms. The molecule has 1 aromatic heterocycles. The van der Waals surface area contributed by atoms with Crippen molar-refractivity contribution in [3.05, 3.63) is 17.0 Å². The summed E-state index contributed by atoms with van der Waals surface area (Å²) in [5, 5.41) is 0.406. The molecule has 2 fully saturated rings. The van der Waals surface area contributed by atoms with Crippen LogP contribution in [0.3, 0.4) is 0 Å². The fourth-order valence-corrected chi connectivity index (χ4v) is 4.09. The minimum atomic E-state index is 0.406. The molecule has 0 N–H and O–H groups in total. The fraction of sp³-hybridized carbons (Fsp3) is 0.750. The first-order valence-electron chi connectivity index (χ1n) is 8.08. The van der Waals surface area contributed by atoms with E-state index in [1.54, 1.807) is 0 Å². The lowest BCUT2D eigenvalue weighted by Gasteiger charge is -2.44. The Labute approximate surface area is 126 Å². The summed E-state index contributed by atoms with van der Waals surface area (Å²) >= 11 is 6.13. The summed E-state index contributed by atoms with van der Waals surface area (Å²) in [7, 11) is 0. The van der Waals surface area contributed by atoms with Gasteiger partial charge in [0.1, 0.15) is 5.82 Å². The average Bonchev–Trinajstić information content (AvgIpc) is 2.46. The van der Waals surface area contributed by atoms with E-state index < -0.39 is 0 Å². The van der Waals surface area contributed by atoms with Crippen molar-refractivity contribution in [1.82, 2.24) is 9.97 Å². The molecule has 1 aliphatic carbocycles. The molecule has 0 radical (unpaired) electrons. The number of rotatable bonds is 3. The van der Waals surface area contributed by atoms with Crippen molar-refractivity contribution < 1.29 is 0 Å². The van der Waals surface area contributed by atoms with Crippen LogP contribution >= 0.6 is 11.6 Å². The van der Waals surface area contributed by atoms with Crippen LogP contribution in [0.1, 0.15) is 57.6 Å². The van der Waals surface area contributed by atoms with E-state index in [2.05, 4.69) is 27.9 Å². The highest BCUT2D eigenvalue weighted by molar-refractivity contribution is 6.28. The predicted molar refractivity (Wildman–Crippen MR) is 83.4 cm³/mol. The van der Waals surface area contributed by atoms with Crippen LogP contribution in [-0.2, 0) is 6.42 Å². The van der Waals surface area contributed by atoms with Crippen molar-refractivity contribution in [3.8, 4) is 0 Å². The Hall–Kier alpha value is -0.830. The van der Waals surface area contributed by atoms with Gasteiger partial charge in [-0.2, -0.15) is 0 Å². The van der Waals surface area contributed by atoms with Gasteiger partial charge < -0.3 is 4.90 Å². The van der Waals surface area contributed by atoms with Crippen LogP contribution in [0.5, 0.6) is 0 Å². The first-order valence-corrected chi connectivity index (χ1v) is 8.46. The molecule has 3 nitrogen and oxygen atoms in total. The van der Waals surface area contributed by atoms with Crippen molar-refractivity contribution in [2.24, 2.45) is 5.92 Å². The summed E-state index contributed by atoms with van der Waals surface area (Å²) in [6.45, 7) is 3.30. The number of piperidine rings is 1. The topological polar surface area (TPSA) is 29.0 Å². The van der Waals surface area contributed by atoms with Gasteiger partial charge in [0.2, 0.25) is 5.28 Å². The molecule has 2 heterocycles. The Morgan fingerprint density at radius 1 is 1.20 bits per heavy atom. The molecule has 2 unspecified atom stereocenters. The molecule has 0 bridgehead atoms. The molecule has 1 aromatic rings. The van der Waals surface area contributed by atoms with E-state index >= 15 is 0 Å². The lowest BCUT2D eigenvalue weighted by Crippen LogP contribution is -2.47. The van der Waals surface area contributed by atoms with E-state index in [1.165, 1.54) is 38.5 Å². The van der Waals surface area contributed by atoms with Gasteiger partial charge in [-0.25, -0.2) is 9.97 Å². The van der Waals surface area contributed by atoms with Crippen LogP contribution in [0.15, 0.2) is 6.07 Å². The lowest BCUT2D eigenvalue weighted by atomic mass is 9.78. The Balaban J connectivity index is 1.86. The summed E-state index contributed by atoms with van der Waals surface area (Å²) in [4.78, 5) is 11.4. The zero-order chi connectivity index (χ0) is 13.9. The molecule has 3 rings (SSSR count). The van der Waals surface area contributed by atoms with Crippen molar-refractivity contribution in [3.63, 3.8) is 0 Å². The van der Waals surface area contributed by atoms with Gasteiger partial charge in [-0.1, -0.05) is 26.2 Å². The highest BCUT2D eigenvalue weighted by Gasteiger charge is 2.34. The predicted octanol–water partition coefficient (Wildman–Crippen LogP) is 4.24. The molecule has 4 heteroatoms. The highest BCUT2D eigenvalue weighted by atomic mass is 35.5. The summed E-state index contributed by atoms with van der Waals surface area (Å²) in [5.41, 5.74) is 1.08. The minimum Gasteiger partial charge on any atom is -0.353 e. The smallest absolute Gasteiger partial charge is 0.224 e. The second-order valence-electron chi connectivity index (χ2n) is 6.18. The molecular formula is C16H24ClN3. The Kier molecular flexibility index (Phi) is 4.45. The maximum atomic E-state index is 6.13. The van der Waals surface area contributed by atoms with Gasteiger partial charge in [-0.15, -0.1) is 0 Å². The molecule has 0 amide bonds. The van der Waals surface area contributed by atoms with E-state index in [0.717, 1.165) is 36.8 Å². The summed E-state index contributed by atoms with van der Waals surface area (Å²) in [5.74, 6) is 1.92. The molecule has 0 spiro atoms. The molecular weight excluding hydrogens is 270 g/mol. The fourth-order valence-electron chi connectivity index (χ4n) is 3.89. The van der Waals surface area contributed by atoms with E-state index in [9.17, 15) is 0 Å². The maximum absolute atomic E-state index is 6.13. The largest absolute Gasteiger partial charge is 0.353 e. The van der Waals surface area contributed by atoms with Crippen LogP contribution in [-0.4, -0.2) is 22.6 Å². The van der Waals surface area contributed by atoms with Crippen LogP contribution < -0.4 is 4.90 Å². The van der Waals surface area contributed by atoms with Crippen LogP contribution in [0, 0.1) is 5.92 Å². The van der Waals surface area contributed by atoms with Crippen molar-refractivity contribution in [1.29, 1.82) is 0 Å². The summed E-state index contributed by atoms with van der Waals surface area (Å²) < 4.78 is 0. The second kappa shape index (κ2) is 6.30. The first-order chi connectivity index (χ1) is 9.78. The number of nitrogens with zero attached hydrogens (tertiary/aromatic N) is 3. The number of hydrogen-bond donors (Lipinski definition) is 0. The quantitative estimate of drug-likeness (QED) is 0.781. The second-order valence-corrected chi connectivity index (χ2v) is 6.52. The Morgan fingerprint density at radius 3 is 2.85 bits per heavy atom. The SMILES string of the molecule is CCCc1cc(N2CCCC3CCCCC32)nc(Cl)n1. The van der Waals surface area contributed by atoms with Gasteiger partial charge in [-0.3, -0.25) is 0 Å². The van der Waals surface area contributed by atoms with E-state index in [0.29, 0.717) is 11.3 Å². The minimum absolute atomic E-state index is 0.406. The summed E-state index contributed by atoms with van der Waals surface area (Å²) in [6, 6.07) is 2.84. The van der Waals surface area contributed by atoms with Gasteiger partial charge in [0, 0.05) is 24.3 Å². The van der Waals surface area contributed by atoms with Gasteiger partial charge in [0.05, 0.1) is 0 Å². The van der Waals surface area contributed by atoms with Crippen molar-refractivity contribution in [2.45, 2.75) is 64.3 Å². The third-order valence-electron chi connectivity index (χ3n) is 4.78. The number of halogens is 1. The number of anilines is 1. The van der Waals surface area contributed by atoms with Gasteiger partial charge in [0.15, 0.2) is 0 Å². The van der Waals surface area contributed by atoms with Crippen molar-refractivity contribution >= 4 is 17.4 Å². The van der Waals surface area contributed by atoms with Gasteiger partial charge >= 0.3 is 0 Å². The Morgan fingerprint density at radius 2 is 2.00 bits per heavy atom. The Bertz CT molecular complexity index is 461. The van der Waals surface area contributed by atoms with E-state index in [1.807, 2.05) is 0 Å². The normalized spacial score (nSPS) is 26.4. The van der Waals surface area contributed by atoms with Crippen LogP contribution in [0.25, 0.3) is 0 Å². The number of aryl methyl sites for hydroxylation is 1. The molecule has 2 aliphatic rings. The average molecular weight is 294 g/mol. The molecule has 0 aromatic carbocycles. The van der Waals surface area contributed by atoms with E-state index in [-0.39, 0.29) is 0 Å². The molecule has 1 aliphatic heterocycles. The molecule has 2 atom stereocenters. The molecule has 1 saturated heterocycles. The third kappa shape index (κ3) is 2.93. The maximum Gasteiger partial charge on any atom is 0.224 e. The van der Waals surface area contributed by atoms with Gasteiger partial charge in [0.25, 0.3) is 0 Å². The molecule has 110 valence electrons. The van der Waals surface area contributed by atoms with Crippen LogP contribution in [0.4, 0.5) is 5.82 Å². The molecule has 1 saturated carbocycles. The number of aromatic nitrogens is 2. The standard InChI is InChI=1S/C16H24ClN3/c1-2-6-13-11-15(19-16(17)18-13)20-10-5-8-12-7-3-4-9-14(12)20/h11-12,14H,2-10H2,1H3. The third-order valence-corrected chi connectivity index (χ3v) is 4.95. The van der Waals surface area contributed by atoms with Gasteiger partial charge in [-0.05, 0) is 49.6 Å². The highest BCUT2D eigenvalue weighted by Crippen LogP contribution is 2.37. The van der Waals surface area contributed by atoms with E-state index in [4.69, 9.17) is 11.6 Å². The first kappa shape index (κ1) is 14.1. The summed E-state index contributed by atoms with van der Waals surface area (Å²) in [6.07, 6.45) is 10.2. The number of hydrogen-bond acceptors (Lipinski definition) is 3. The monoisotopic (exact) mass is 293 g/mol. The zero-order valence-corrected chi connectivity index (χ0v) is 13.1. The van der Waals surface area contributed by atoms with Crippen molar-refractivity contribution in [2.75, 3.05) is 11.4 Å². The lowest BCUT2D eigenvalue weighted by molar-refractivity contribution is 0.242. The van der Waals surface area contributed by atoms with Crippen LogP contribution in [0.2, 0.25) is 5.28 Å². The number of fused-ring (bicyclic) bond motifs is 1.